The van der Waals surface area contributed by atoms with Gasteiger partial charge in [0.1, 0.15) is 5.82 Å². The maximum atomic E-state index is 13.3. The molecule has 3 aromatic rings. The molecule has 0 amide bonds. The van der Waals surface area contributed by atoms with Crippen molar-refractivity contribution in [1.82, 2.24) is 0 Å². The second-order valence-corrected chi connectivity index (χ2v) is 6.08. The molecule has 0 aliphatic heterocycles. The van der Waals surface area contributed by atoms with Crippen molar-refractivity contribution in [3.8, 4) is 0 Å². The standard InChI is InChI=1S/C15H12FNS2/c16-11-4-1-5-12(10-11)17-15(13-6-2-8-18-13)14-7-3-9-19-14/h1-10,15,17H. The molecule has 4 heteroatoms. The Labute approximate surface area is 119 Å². The lowest BCUT2D eigenvalue weighted by Crippen LogP contribution is -2.09. The molecule has 3 rings (SSSR count). The number of rotatable bonds is 4. The molecule has 0 fully saturated rings. The summed E-state index contributed by atoms with van der Waals surface area (Å²) in [7, 11) is 0. The van der Waals surface area contributed by atoms with E-state index in [1.54, 1.807) is 28.7 Å². The third kappa shape index (κ3) is 2.85. The Morgan fingerprint density at radius 1 is 0.895 bits per heavy atom. The van der Waals surface area contributed by atoms with E-state index in [4.69, 9.17) is 0 Å². The molecule has 19 heavy (non-hydrogen) atoms. The van der Waals surface area contributed by atoms with Gasteiger partial charge >= 0.3 is 0 Å². The Morgan fingerprint density at radius 3 is 2.11 bits per heavy atom. The minimum absolute atomic E-state index is 0.0850. The molecule has 0 atom stereocenters. The van der Waals surface area contributed by atoms with Gasteiger partial charge in [-0.25, -0.2) is 4.39 Å². The predicted molar refractivity (Wildman–Crippen MR) is 80.5 cm³/mol. The molecule has 1 nitrogen and oxygen atoms in total. The van der Waals surface area contributed by atoms with Crippen molar-refractivity contribution in [2.75, 3.05) is 5.32 Å². The first kappa shape index (κ1) is 12.4. The number of hydrogen-bond donors (Lipinski definition) is 1. The fourth-order valence-electron chi connectivity index (χ4n) is 1.94. The zero-order valence-electron chi connectivity index (χ0n) is 10.0. The summed E-state index contributed by atoms with van der Waals surface area (Å²) in [4.78, 5) is 2.46. The average Bonchev–Trinajstić information content (AvgIpc) is 3.10. The van der Waals surface area contributed by atoms with Crippen LogP contribution in [0.3, 0.4) is 0 Å². The van der Waals surface area contributed by atoms with E-state index in [2.05, 4.69) is 28.2 Å². The highest BCUT2D eigenvalue weighted by molar-refractivity contribution is 7.11. The number of benzene rings is 1. The van der Waals surface area contributed by atoms with Crippen LogP contribution in [-0.2, 0) is 0 Å². The molecule has 96 valence electrons. The van der Waals surface area contributed by atoms with Gasteiger partial charge in [-0.2, -0.15) is 0 Å². The Hall–Kier alpha value is -1.65. The summed E-state index contributed by atoms with van der Waals surface area (Å²) in [5.41, 5.74) is 0.798. The van der Waals surface area contributed by atoms with Gasteiger partial charge in [-0.1, -0.05) is 18.2 Å². The van der Waals surface area contributed by atoms with Crippen molar-refractivity contribution < 1.29 is 4.39 Å². The Balaban J connectivity index is 1.92. The highest BCUT2D eigenvalue weighted by Gasteiger charge is 2.16. The van der Waals surface area contributed by atoms with Gasteiger partial charge in [0.05, 0.1) is 6.04 Å². The average molecular weight is 289 g/mol. The Morgan fingerprint density at radius 2 is 1.58 bits per heavy atom. The van der Waals surface area contributed by atoms with Crippen LogP contribution < -0.4 is 5.32 Å². The van der Waals surface area contributed by atoms with Crippen LogP contribution in [0.4, 0.5) is 10.1 Å². The lowest BCUT2D eigenvalue weighted by atomic mass is 10.2. The largest absolute Gasteiger partial charge is 0.373 e. The Kier molecular flexibility index (Phi) is 3.62. The molecule has 0 spiro atoms. The molecular weight excluding hydrogens is 277 g/mol. The monoisotopic (exact) mass is 289 g/mol. The van der Waals surface area contributed by atoms with Crippen LogP contribution in [0.15, 0.2) is 59.3 Å². The summed E-state index contributed by atoms with van der Waals surface area (Å²) < 4.78 is 13.3. The third-order valence-electron chi connectivity index (χ3n) is 2.79. The summed E-state index contributed by atoms with van der Waals surface area (Å²) in [6, 6.07) is 14.9. The predicted octanol–water partition coefficient (Wildman–Crippen LogP) is 5.15. The summed E-state index contributed by atoms with van der Waals surface area (Å²) in [6.07, 6.45) is 0. The number of hydrogen-bond acceptors (Lipinski definition) is 3. The van der Waals surface area contributed by atoms with Crippen molar-refractivity contribution in [3.05, 3.63) is 74.9 Å². The zero-order chi connectivity index (χ0) is 13.1. The van der Waals surface area contributed by atoms with Gasteiger partial charge in [-0.15, -0.1) is 22.7 Å². The van der Waals surface area contributed by atoms with Crippen LogP contribution in [0.1, 0.15) is 15.8 Å². The number of nitrogens with one attached hydrogen (secondary N) is 1. The molecule has 0 bridgehead atoms. The molecule has 1 N–H and O–H groups in total. The van der Waals surface area contributed by atoms with E-state index in [0.29, 0.717) is 0 Å². The summed E-state index contributed by atoms with van der Waals surface area (Å²) >= 11 is 3.41. The second-order valence-electron chi connectivity index (χ2n) is 4.12. The minimum Gasteiger partial charge on any atom is -0.373 e. The fraction of sp³-hybridized carbons (Fsp3) is 0.0667. The highest BCUT2D eigenvalue weighted by atomic mass is 32.1. The van der Waals surface area contributed by atoms with Gasteiger partial charge in [-0.05, 0) is 41.1 Å². The van der Waals surface area contributed by atoms with Crippen LogP contribution >= 0.6 is 22.7 Å². The maximum Gasteiger partial charge on any atom is 0.125 e. The van der Waals surface area contributed by atoms with Crippen molar-refractivity contribution in [2.24, 2.45) is 0 Å². The maximum absolute atomic E-state index is 13.3. The van der Waals surface area contributed by atoms with Gasteiger partial charge < -0.3 is 5.32 Å². The topological polar surface area (TPSA) is 12.0 Å². The van der Waals surface area contributed by atoms with Crippen LogP contribution in [0.5, 0.6) is 0 Å². The molecule has 0 aliphatic rings. The number of thiophene rings is 2. The lowest BCUT2D eigenvalue weighted by molar-refractivity contribution is 0.628. The molecule has 2 heterocycles. The number of anilines is 1. The van der Waals surface area contributed by atoms with Gasteiger partial charge in [0, 0.05) is 15.4 Å². The quantitative estimate of drug-likeness (QED) is 0.700. The molecule has 0 saturated carbocycles. The SMILES string of the molecule is Fc1cccc(NC(c2cccs2)c2cccs2)c1. The molecule has 0 radical (unpaired) electrons. The third-order valence-corrected chi connectivity index (χ3v) is 4.67. The first-order chi connectivity index (χ1) is 9.33. The minimum atomic E-state index is -0.221. The van der Waals surface area contributed by atoms with Crippen LogP contribution in [0, 0.1) is 5.82 Å². The van der Waals surface area contributed by atoms with E-state index in [1.807, 2.05) is 18.2 Å². The van der Waals surface area contributed by atoms with Gasteiger partial charge in [-0.3, -0.25) is 0 Å². The fourth-order valence-corrected chi connectivity index (χ4v) is 3.60. The highest BCUT2D eigenvalue weighted by Crippen LogP contribution is 2.32. The lowest BCUT2D eigenvalue weighted by Gasteiger charge is -2.17. The first-order valence-electron chi connectivity index (χ1n) is 5.92. The van der Waals surface area contributed by atoms with E-state index in [0.717, 1.165) is 5.69 Å². The van der Waals surface area contributed by atoms with Gasteiger partial charge in [0.15, 0.2) is 0 Å². The normalized spacial score (nSPS) is 10.8. The molecule has 2 aromatic heterocycles. The molecule has 1 aromatic carbocycles. The molecule has 0 aliphatic carbocycles. The van der Waals surface area contributed by atoms with Crippen molar-refractivity contribution in [2.45, 2.75) is 6.04 Å². The molecular formula is C15H12FNS2. The van der Waals surface area contributed by atoms with Crippen molar-refractivity contribution in [3.63, 3.8) is 0 Å². The van der Waals surface area contributed by atoms with E-state index in [-0.39, 0.29) is 11.9 Å². The zero-order valence-corrected chi connectivity index (χ0v) is 11.7. The molecule has 0 saturated heterocycles. The van der Waals surface area contributed by atoms with E-state index in [1.165, 1.54) is 21.9 Å². The van der Waals surface area contributed by atoms with Crippen molar-refractivity contribution >= 4 is 28.4 Å². The van der Waals surface area contributed by atoms with Crippen LogP contribution in [0.25, 0.3) is 0 Å². The van der Waals surface area contributed by atoms with E-state index >= 15 is 0 Å². The summed E-state index contributed by atoms with van der Waals surface area (Å²) in [5, 5.41) is 7.52. The van der Waals surface area contributed by atoms with Crippen LogP contribution in [0.2, 0.25) is 0 Å². The van der Waals surface area contributed by atoms with Gasteiger partial charge in [0.25, 0.3) is 0 Å². The first-order valence-corrected chi connectivity index (χ1v) is 7.68. The summed E-state index contributed by atoms with van der Waals surface area (Å²) in [6.45, 7) is 0. The molecule has 0 unspecified atom stereocenters. The smallest absolute Gasteiger partial charge is 0.125 e. The Bertz CT molecular complexity index is 598. The van der Waals surface area contributed by atoms with Crippen LogP contribution in [-0.4, -0.2) is 0 Å². The van der Waals surface area contributed by atoms with Gasteiger partial charge in [0.2, 0.25) is 0 Å². The van der Waals surface area contributed by atoms with E-state index in [9.17, 15) is 4.39 Å². The number of halogens is 1. The van der Waals surface area contributed by atoms with E-state index < -0.39 is 0 Å². The van der Waals surface area contributed by atoms with Crippen molar-refractivity contribution in [1.29, 1.82) is 0 Å². The second kappa shape index (κ2) is 5.55. The summed E-state index contributed by atoms with van der Waals surface area (Å²) in [5.74, 6) is -0.221.